The minimum atomic E-state index is -0.508. The first-order chi connectivity index (χ1) is 18.7. The fraction of sp³-hybridized carbons (Fsp3) is 0.379. The summed E-state index contributed by atoms with van der Waals surface area (Å²) in [6.07, 6.45) is 5.14. The molecule has 4 N–H and O–H groups in total. The molecule has 0 radical (unpaired) electrons. The molecular weight excluding hydrogens is 496 g/mol. The van der Waals surface area contributed by atoms with E-state index >= 15 is 0 Å². The topological polar surface area (TPSA) is 143 Å². The van der Waals surface area contributed by atoms with Gasteiger partial charge in [-0.25, -0.2) is 4.68 Å². The molecule has 0 aliphatic heterocycles. The predicted molar refractivity (Wildman–Crippen MR) is 151 cm³/mol. The second-order valence-corrected chi connectivity index (χ2v) is 10.0. The third kappa shape index (κ3) is 5.82. The zero-order valence-corrected chi connectivity index (χ0v) is 22.5. The van der Waals surface area contributed by atoms with Crippen molar-refractivity contribution in [2.45, 2.75) is 57.5 Å². The van der Waals surface area contributed by atoms with E-state index in [9.17, 15) is 24.8 Å². The molecule has 39 heavy (non-hydrogen) atoms. The van der Waals surface area contributed by atoms with Crippen molar-refractivity contribution in [1.82, 2.24) is 14.7 Å². The summed E-state index contributed by atoms with van der Waals surface area (Å²) in [5, 5.41) is 29.6. The molecule has 0 unspecified atom stereocenters. The van der Waals surface area contributed by atoms with Gasteiger partial charge in [-0.1, -0.05) is 56.5 Å². The number of rotatable bonds is 8. The number of hydrogen-bond donors (Lipinski definition) is 4. The van der Waals surface area contributed by atoms with Gasteiger partial charge in [-0.05, 0) is 37.0 Å². The van der Waals surface area contributed by atoms with Crippen LogP contribution in [0.4, 0.5) is 17.1 Å². The van der Waals surface area contributed by atoms with Gasteiger partial charge < -0.3 is 20.6 Å². The highest BCUT2D eigenvalue weighted by Gasteiger charge is 2.26. The van der Waals surface area contributed by atoms with Gasteiger partial charge in [0.1, 0.15) is 11.4 Å². The van der Waals surface area contributed by atoms with Crippen molar-refractivity contribution in [2.24, 2.45) is 0 Å². The lowest BCUT2D eigenvalue weighted by Gasteiger charge is -2.26. The average molecular weight is 531 g/mol. The number of aromatic nitrogens is 2. The predicted octanol–water partition coefficient (Wildman–Crippen LogP) is 4.63. The van der Waals surface area contributed by atoms with Gasteiger partial charge in [0.15, 0.2) is 5.75 Å². The molecule has 0 spiro atoms. The summed E-state index contributed by atoms with van der Waals surface area (Å²) >= 11 is 0. The fourth-order valence-corrected chi connectivity index (χ4v) is 5.02. The molecule has 2 aromatic carbocycles. The van der Waals surface area contributed by atoms with Crippen molar-refractivity contribution in [3.63, 3.8) is 0 Å². The maximum atomic E-state index is 13.9. The molecule has 1 saturated carbocycles. The molecule has 3 aromatic rings. The van der Waals surface area contributed by atoms with E-state index < -0.39 is 22.8 Å². The Morgan fingerprint density at radius 1 is 1.15 bits per heavy atom. The highest BCUT2D eigenvalue weighted by molar-refractivity contribution is 5.99. The summed E-state index contributed by atoms with van der Waals surface area (Å²) in [6.45, 7) is 1.97. The molecule has 1 amide bonds. The number of aromatic hydroxyl groups is 1. The van der Waals surface area contributed by atoms with Crippen LogP contribution in [0.5, 0.6) is 5.75 Å². The van der Waals surface area contributed by atoms with Gasteiger partial charge in [-0.2, -0.15) is 5.26 Å². The number of nitriles is 1. The monoisotopic (exact) mass is 530 g/mol. The molecule has 1 aromatic heterocycles. The summed E-state index contributed by atoms with van der Waals surface area (Å²) < 4.78 is 1.37. The zero-order chi connectivity index (χ0) is 28.1. The highest BCUT2D eigenvalue weighted by Crippen LogP contribution is 2.34. The molecule has 1 aliphatic carbocycles. The number of hydrogen-bond acceptors (Lipinski definition) is 7. The largest absolute Gasteiger partial charge is 0.505 e. The van der Waals surface area contributed by atoms with Crippen LogP contribution in [-0.2, 0) is 0 Å². The van der Waals surface area contributed by atoms with Gasteiger partial charge in [-0.3, -0.25) is 19.5 Å². The Morgan fingerprint density at radius 3 is 2.46 bits per heavy atom. The Hall–Kier alpha value is -4.52. The van der Waals surface area contributed by atoms with Crippen LogP contribution in [0.1, 0.15) is 79.0 Å². The van der Waals surface area contributed by atoms with E-state index in [-0.39, 0.29) is 40.3 Å². The van der Waals surface area contributed by atoms with Crippen LogP contribution in [0, 0.1) is 11.3 Å². The van der Waals surface area contributed by atoms with Gasteiger partial charge in [0.2, 0.25) is 0 Å². The fourth-order valence-electron chi connectivity index (χ4n) is 5.02. The standard InChI is InChI=1S/C29H34N6O4/c1-4-22(19-11-7-5-8-12-19)31-24-25(29(39)35(33-27(24)37)20-13-9-6-10-14-20)32-23-16-18(17-30)15-21(26(23)36)28(38)34(2)3/h5,7-8,11-12,15-16,20,22,31-32,36H,4,6,9-10,13-14H2,1-3H3,(H,33,37)/t22-/m1/s1. The Bertz CT molecular complexity index is 1500. The molecule has 1 aliphatic rings. The molecular formula is C29H34N6O4. The smallest absolute Gasteiger partial charge is 0.291 e. The highest BCUT2D eigenvalue weighted by atomic mass is 16.3. The van der Waals surface area contributed by atoms with Gasteiger partial charge in [-0.15, -0.1) is 0 Å². The molecule has 1 heterocycles. The number of carbonyl (C=O) groups excluding carboxylic acids is 1. The second kappa shape index (κ2) is 11.9. The van der Waals surface area contributed by atoms with Crippen LogP contribution in [0.25, 0.3) is 0 Å². The van der Waals surface area contributed by atoms with E-state index in [1.54, 1.807) is 0 Å². The van der Waals surface area contributed by atoms with Crippen LogP contribution >= 0.6 is 0 Å². The number of aromatic amines is 1. The molecule has 10 nitrogen and oxygen atoms in total. The van der Waals surface area contributed by atoms with E-state index in [0.29, 0.717) is 6.42 Å². The molecule has 1 fully saturated rings. The first kappa shape index (κ1) is 27.5. The Balaban J connectivity index is 1.88. The minimum absolute atomic E-state index is 0.0185. The van der Waals surface area contributed by atoms with Crippen molar-refractivity contribution in [2.75, 3.05) is 24.7 Å². The van der Waals surface area contributed by atoms with Gasteiger partial charge in [0, 0.05) is 14.1 Å². The molecule has 10 heteroatoms. The van der Waals surface area contributed by atoms with Crippen LogP contribution in [-0.4, -0.2) is 39.8 Å². The van der Waals surface area contributed by atoms with Crippen molar-refractivity contribution >= 4 is 23.0 Å². The quantitative estimate of drug-likeness (QED) is 0.311. The van der Waals surface area contributed by atoms with E-state index in [0.717, 1.165) is 37.7 Å². The lowest BCUT2D eigenvalue weighted by Crippen LogP contribution is -2.37. The summed E-state index contributed by atoms with van der Waals surface area (Å²) in [7, 11) is 3.06. The van der Waals surface area contributed by atoms with Crippen LogP contribution in [0.15, 0.2) is 52.1 Å². The van der Waals surface area contributed by atoms with E-state index in [1.807, 2.05) is 43.3 Å². The first-order valence-electron chi connectivity index (χ1n) is 13.2. The molecule has 1 atom stereocenters. The summed E-state index contributed by atoms with van der Waals surface area (Å²) in [4.78, 5) is 41.4. The number of benzene rings is 2. The average Bonchev–Trinajstić information content (AvgIpc) is 2.96. The molecule has 4 rings (SSSR count). The lowest BCUT2D eigenvalue weighted by atomic mass is 9.95. The Labute approximate surface area is 226 Å². The third-order valence-corrected chi connectivity index (χ3v) is 7.14. The van der Waals surface area contributed by atoms with E-state index in [1.165, 1.54) is 35.8 Å². The molecule has 0 bridgehead atoms. The maximum absolute atomic E-state index is 13.9. The lowest BCUT2D eigenvalue weighted by molar-refractivity contribution is 0.0824. The number of anilines is 3. The Kier molecular flexibility index (Phi) is 8.39. The number of phenols is 1. The van der Waals surface area contributed by atoms with Crippen molar-refractivity contribution in [1.29, 1.82) is 5.26 Å². The van der Waals surface area contributed by atoms with Crippen molar-refractivity contribution < 1.29 is 9.90 Å². The third-order valence-electron chi connectivity index (χ3n) is 7.14. The van der Waals surface area contributed by atoms with Crippen LogP contribution in [0.2, 0.25) is 0 Å². The number of nitrogens with zero attached hydrogens (tertiary/aromatic N) is 3. The van der Waals surface area contributed by atoms with Gasteiger partial charge in [0.25, 0.3) is 17.0 Å². The number of amides is 1. The normalized spacial score (nSPS) is 14.3. The number of phenolic OH excluding ortho intramolecular Hbond substituents is 1. The SMILES string of the molecule is CC[C@@H](Nc1c(Nc2cc(C#N)cc(C(=O)N(C)C)c2O)c(=O)n(C2CCCCC2)[nH]c1=O)c1ccccc1. The summed E-state index contributed by atoms with van der Waals surface area (Å²) in [5.41, 5.74) is -0.0561. The maximum Gasteiger partial charge on any atom is 0.291 e. The van der Waals surface area contributed by atoms with E-state index in [2.05, 4.69) is 15.7 Å². The van der Waals surface area contributed by atoms with Gasteiger partial charge >= 0.3 is 0 Å². The molecule has 204 valence electrons. The first-order valence-corrected chi connectivity index (χ1v) is 13.2. The van der Waals surface area contributed by atoms with Crippen molar-refractivity contribution in [3.8, 4) is 11.8 Å². The van der Waals surface area contributed by atoms with Crippen molar-refractivity contribution in [3.05, 3.63) is 79.9 Å². The number of H-pyrrole nitrogens is 1. The minimum Gasteiger partial charge on any atom is -0.505 e. The number of nitrogens with one attached hydrogen (secondary N) is 3. The van der Waals surface area contributed by atoms with Gasteiger partial charge in [0.05, 0.1) is 35.0 Å². The second-order valence-electron chi connectivity index (χ2n) is 10.0. The van der Waals surface area contributed by atoms with Crippen LogP contribution in [0.3, 0.4) is 0 Å². The van der Waals surface area contributed by atoms with Crippen LogP contribution < -0.4 is 21.8 Å². The summed E-state index contributed by atoms with van der Waals surface area (Å²) in [5.74, 6) is -0.927. The zero-order valence-electron chi connectivity index (χ0n) is 22.5. The Morgan fingerprint density at radius 2 is 1.85 bits per heavy atom. The number of carbonyl (C=O) groups is 1. The van der Waals surface area contributed by atoms with E-state index in [4.69, 9.17) is 0 Å². The summed E-state index contributed by atoms with van der Waals surface area (Å²) in [6, 6.07) is 13.8. The molecule has 0 saturated heterocycles.